The minimum atomic E-state index is -0.918. The van der Waals surface area contributed by atoms with Crippen molar-refractivity contribution < 1.29 is 14.3 Å². The number of esters is 1. The Bertz CT molecular complexity index is 1340. The Kier molecular flexibility index (Phi) is 5.01. The molecule has 0 saturated carbocycles. The van der Waals surface area contributed by atoms with Crippen LogP contribution < -0.4 is 4.90 Å². The van der Waals surface area contributed by atoms with Crippen LogP contribution in [0.2, 0.25) is 0 Å². The van der Waals surface area contributed by atoms with Crippen LogP contribution in [0.1, 0.15) is 28.5 Å². The third kappa shape index (κ3) is 3.36. The van der Waals surface area contributed by atoms with Crippen LogP contribution in [0.5, 0.6) is 0 Å². The van der Waals surface area contributed by atoms with E-state index in [-0.39, 0.29) is 5.91 Å². The number of thiophene rings is 1. The Morgan fingerprint density at radius 1 is 1.19 bits per heavy atom. The Morgan fingerprint density at radius 3 is 2.78 bits per heavy atom. The maximum absolute atomic E-state index is 13.3. The first-order valence-corrected chi connectivity index (χ1v) is 11.3. The molecule has 0 N–H and O–H groups in total. The largest absolute Gasteiger partial charge is 0.449 e. The number of rotatable bonds is 4. The number of ether oxygens (including phenoxy) is 1. The Balaban J connectivity index is 1.46. The van der Waals surface area contributed by atoms with Crippen molar-refractivity contribution in [2.24, 2.45) is 7.05 Å². The predicted molar refractivity (Wildman–Crippen MR) is 124 cm³/mol. The second kappa shape index (κ2) is 7.87. The molecule has 1 atom stereocenters. The summed E-state index contributed by atoms with van der Waals surface area (Å²) in [5, 5.41) is 7.04. The fourth-order valence-corrected chi connectivity index (χ4v) is 4.90. The second-order valence-corrected chi connectivity index (χ2v) is 8.80. The fraction of sp³-hybridized carbons (Fsp3) is 0.250. The van der Waals surface area contributed by atoms with E-state index in [0.29, 0.717) is 34.5 Å². The van der Waals surface area contributed by atoms with Crippen molar-refractivity contribution in [1.29, 1.82) is 0 Å². The number of benzene rings is 1. The standard InChI is InChI=1S/C24H22N4O3S/c1-14-21-17(13-18(20-9-6-12-32-20)25-22(21)27(3)26-14)24(30)31-15(2)23(29)28-11-10-16-7-4-5-8-19(16)28/h4-9,12-13,15H,10-11H2,1-3H3. The molecule has 5 rings (SSSR count). The molecule has 1 aromatic carbocycles. The number of carbonyl (C=O) groups excluding carboxylic acids is 2. The normalized spacial score (nSPS) is 13.9. The van der Waals surface area contributed by atoms with Gasteiger partial charge in [-0.2, -0.15) is 5.10 Å². The summed E-state index contributed by atoms with van der Waals surface area (Å²) in [5.41, 5.74) is 4.34. The van der Waals surface area contributed by atoms with Gasteiger partial charge >= 0.3 is 5.97 Å². The van der Waals surface area contributed by atoms with Crippen LogP contribution in [0, 0.1) is 6.92 Å². The van der Waals surface area contributed by atoms with Crippen LogP contribution in [0.3, 0.4) is 0 Å². The fourth-order valence-electron chi connectivity index (χ4n) is 4.22. The van der Waals surface area contributed by atoms with Crippen molar-refractivity contribution in [2.45, 2.75) is 26.4 Å². The molecule has 0 fully saturated rings. The average molecular weight is 447 g/mol. The van der Waals surface area contributed by atoms with Gasteiger partial charge < -0.3 is 9.64 Å². The summed E-state index contributed by atoms with van der Waals surface area (Å²) in [6.07, 6.45) is -0.119. The van der Waals surface area contributed by atoms with Gasteiger partial charge in [0.1, 0.15) is 0 Å². The summed E-state index contributed by atoms with van der Waals surface area (Å²) in [5.74, 6) is -0.783. The SMILES string of the molecule is Cc1nn(C)c2nc(-c3cccs3)cc(C(=O)OC(C)C(=O)N3CCc4ccccc43)c12. The zero-order chi connectivity index (χ0) is 22.4. The van der Waals surface area contributed by atoms with Crippen LogP contribution >= 0.6 is 11.3 Å². The van der Waals surface area contributed by atoms with E-state index >= 15 is 0 Å². The number of hydrogen-bond donors (Lipinski definition) is 0. The summed E-state index contributed by atoms with van der Waals surface area (Å²) in [4.78, 5) is 33.7. The monoisotopic (exact) mass is 446 g/mol. The van der Waals surface area contributed by atoms with Crippen molar-refractivity contribution in [3.63, 3.8) is 0 Å². The van der Waals surface area contributed by atoms with Gasteiger partial charge in [0.15, 0.2) is 11.8 Å². The predicted octanol–water partition coefficient (Wildman–Crippen LogP) is 4.14. The first-order valence-electron chi connectivity index (χ1n) is 10.4. The molecular formula is C24H22N4O3S. The number of amides is 1. The van der Waals surface area contributed by atoms with Gasteiger partial charge in [0.25, 0.3) is 5.91 Å². The average Bonchev–Trinajstić information content (AvgIpc) is 3.52. The highest BCUT2D eigenvalue weighted by molar-refractivity contribution is 7.13. The Hall–Kier alpha value is -3.52. The van der Waals surface area contributed by atoms with Crippen molar-refractivity contribution in [2.75, 3.05) is 11.4 Å². The number of nitrogens with zero attached hydrogens (tertiary/aromatic N) is 4. The third-order valence-corrected chi connectivity index (χ3v) is 6.64. The van der Waals surface area contributed by atoms with E-state index in [9.17, 15) is 9.59 Å². The van der Waals surface area contributed by atoms with Crippen LogP contribution in [-0.2, 0) is 23.0 Å². The molecule has 1 unspecified atom stereocenters. The zero-order valence-corrected chi connectivity index (χ0v) is 18.8. The lowest BCUT2D eigenvalue weighted by Gasteiger charge is -2.22. The smallest absolute Gasteiger partial charge is 0.339 e. The van der Waals surface area contributed by atoms with Gasteiger partial charge in [0.05, 0.1) is 27.2 Å². The molecule has 0 aliphatic carbocycles. The van der Waals surface area contributed by atoms with E-state index in [0.717, 1.165) is 22.5 Å². The first kappa shape index (κ1) is 20.4. The number of aromatic nitrogens is 3. The number of carbonyl (C=O) groups is 2. The molecule has 4 aromatic rings. The molecule has 1 aliphatic heterocycles. The number of fused-ring (bicyclic) bond motifs is 2. The zero-order valence-electron chi connectivity index (χ0n) is 18.0. The molecule has 0 radical (unpaired) electrons. The second-order valence-electron chi connectivity index (χ2n) is 7.86. The van der Waals surface area contributed by atoms with E-state index < -0.39 is 12.1 Å². The van der Waals surface area contributed by atoms with E-state index in [1.165, 1.54) is 0 Å². The van der Waals surface area contributed by atoms with Gasteiger partial charge in [0, 0.05) is 19.3 Å². The molecule has 4 heterocycles. The summed E-state index contributed by atoms with van der Waals surface area (Å²) < 4.78 is 7.34. The molecule has 0 spiro atoms. The number of pyridine rings is 1. The number of aryl methyl sites for hydroxylation is 2. The van der Waals surface area contributed by atoms with Crippen LogP contribution in [0.4, 0.5) is 5.69 Å². The van der Waals surface area contributed by atoms with Gasteiger partial charge in [-0.15, -0.1) is 11.3 Å². The molecule has 1 amide bonds. The van der Waals surface area contributed by atoms with E-state index in [4.69, 9.17) is 9.72 Å². The minimum Gasteiger partial charge on any atom is -0.449 e. The van der Waals surface area contributed by atoms with E-state index in [1.807, 2.05) is 48.7 Å². The molecular weight excluding hydrogens is 424 g/mol. The van der Waals surface area contributed by atoms with Gasteiger partial charge in [0.2, 0.25) is 0 Å². The summed E-state index contributed by atoms with van der Waals surface area (Å²) in [7, 11) is 1.80. The van der Waals surface area contributed by atoms with Crippen molar-refractivity contribution in [3.8, 4) is 10.6 Å². The summed E-state index contributed by atoms with van der Waals surface area (Å²) >= 11 is 1.54. The van der Waals surface area contributed by atoms with E-state index in [2.05, 4.69) is 5.10 Å². The topological polar surface area (TPSA) is 77.3 Å². The highest BCUT2D eigenvalue weighted by Crippen LogP contribution is 2.31. The molecule has 8 heteroatoms. The highest BCUT2D eigenvalue weighted by atomic mass is 32.1. The summed E-state index contributed by atoms with van der Waals surface area (Å²) in [6.45, 7) is 4.04. The molecule has 0 saturated heterocycles. The molecule has 1 aliphatic rings. The van der Waals surface area contributed by atoms with Gasteiger partial charge in [-0.1, -0.05) is 24.3 Å². The van der Waals surface area contributed by atoms with Crippen molar-refractivity contribution in [1.82, 2.24) is 14.8 Å². The first-order chi connectivity index (χ1) is 15.4. The number of para-hydroxylation sites is 1. The molecule has 0 bridgehead atoms. The van der Waals surface area contributed by atoms with Gasteiger partial charge in [-0.25, -0.2) is 9.78 Å². The van der Waals surface area contributed by atoms with Crippen LogP contribution in [-0.4, -0.2) is 39.3 Å². The van der Waals surface area contributed by atoms with Crippen LogP contribution in [0.15, 0.2) is 47.8 Å². The molecule has 162 valence electrons. The van der Waals surface area contributed by atoms with E-state index in [1.54, 1.807) is 41.0 Å². The highest BCUT2D eigenvalue weighted by Gasteiger charge is 2.31. The minimum absolute atomic E-state index is 0.227. The molecule has 32 heavy (non-hydrogen) atoms. The number of anilines is 1. The lowest BCUT2D eigenvalue weighted by atomic mass is 10.1. The Morgan fingerprint density at radius 2 is 2.00 bits per heavy atom. The molecule has 7 nitrogen and oxygen atoms in total. The lowest BCUT2D eigenvalue weighted by molar-refractivity contribution is -0.126. The quantitative estimate of drug-likeness (QED) is 0.440. The lowest BCUT2D eigenvalue weighted by Crippen LogP contribution is -2.39. The third-order valence-electron chi connectivity index (χ3n) is 5.75. The number of hydrogen-bond acceptors (Lipinski definition) is 6. The van der Waals surface area contributed by atoms with Gasteiger partial charge in [-0.3, -0.25) is 9.48 Å². The Labute approximate surface area is 189 Å². The molecule has 3 aromatic heterocycles. The maximum atomic E-state index is 13.3. The van der Waals surface area contributed by atoms with Crippen LogP contribution in [0.25, 0.3) is 21.6 Å². The summed E-state index contributed by atoms with van der Waals surface area (Å²) in [6, 6.07) is 13.4. The van der Waals surface area contributed by atoms with Gasteiger partial charge in [-0.05, 0) is 49.4 Å². The maximum Gasteiger partial charge on any atom is 0.339 e. The van der Waals surface area contributed by atoms with Crippen molar-refractivity contribution in [3.05, 3.63) is 64.7 Å². The van der Waals surface area contributed by atoms with Crippen molar-refractivity contribution >= 4 is 39.9 Å².